The summed E-state index contributed by atoms with van der Waals surface area (Å²) in [7, 11) is 1.50. The van der Waals surface area contributed by atoms with Gasteiger partial charge in [0.2, 0.25) is 0 Å². The van der Waals surface area contributed by atoms with Crippen LogP contribution < -0.4 is 5.32 Å². The van der Waals surface area contributed by atoms with Crippen LogP contribution in [0.25, 0.3) is 22.3 Å². The minimum Gasteiger partial charge on any atom is -0.481 e. The van der Waals surface area contributed by atoms with Gasteiger partial charge in [-0.2, -0.15) is 0 Å². The molecule has 1 aromatic heterocycles. The van der Waals surface area contributed by atoms with Crippen LogP contribution >= 0.6 is 0 Å². The van der Waals surface area contributed by atoms with Crippen molar-refractivity contribution in [3.63, 3.8) is 0 Å². The van der Waals surface area contributed by atoms with E-state index in [4.69, 9.17) is 19.0 Å². The molecule has 0 bridgehead atoms. The summed E-state index contributed by atoms with van der Waals surface area (Å²) in [5.41, 5.74) is 2.14. The SMILES string of the molecule is COCOCC(CC(C)C(=O)O)NC(=O)c1ccc(-c2cc3ccccc3o2)cc1. The van der Waals surface area contributed by atoms with Crippen molar-refractivity contribution in [2.75, 3.05) is 20.5 Å². The normalized spacial score (nSPS) is 13.1. The van der Waals surface area contributed by atoms with Crippen molar-refractivity contribution in [1.82, 2.24) is 5.32 Å². The number of nitrogens with one attached hydrogen (secondary N) is 1. The zero-order chi connectivity index (χ0) is 21.5. The molecule has 0 saturated carbocycles. The number of methoxy groups -OCH3 is 1. The van der Waals surface area contributed by atoms with Crippen molar-refractivity contribution in [2.24, 2.45) is 5.92 Å². The van der Waals surface area contributed by atoms with Crippen LogP contribution in [0, 0.1) is 5.92 Å². The molecule has 0 aliphatic carbocycles. The number of carbonyl (C=O) groups is 2. The van der Waals surface area contributed by atoms with Gasteiger partial charge >= 0.3 is 5.97 Å². The maximum Gasteiger partial charge on any atom is 0.306 e. The fraction of sp³-hybridized carbons (Fsp3) is 0.304. The molecule has 0 fully saturated rings. The molecule has 0 saturated heterocycles. The van der Waals surface area contributed by atoms with Crippen molar-refractivity contribution in [1.29, 1.82) is 0 Å². The number of amides is 1. The van der Waals surface area contributed by atoms with E-state index >= 15 is 0 Å². The van der Waals surface area contributed by atoms with Crippen LogP contribution in [0.5, 0.6) is 0 Å². The Hall–Kier alpha value is -3.16. The van der Waals surface area contributed by atoms with E-state index in [1.165, 1.54) is 7.11 Å². The molecule has 7 heteroatoms. The van der Waals surface area contributed by atoms with Crippen LogP contribution in [-0.4, -0.2) is 43.5 Å². The molecule has 158 valence electrons. The molecule has 2 N–H and O–H groups in total. The highest BCUT2D eigenvalue weighted by molar-refractivity contribution is 5.95. The third kappa shape index (κ3) is 5.46. The van der Waals surface area contributed by atoms with E-state index in [0.29, 0.717) is 5.56 Å². The predicted molar refractivity (Wildman–Crippen MR) is 112 cm³/mol. The number of carboxylic acid groups (broad SMARTS) is 1. The van der Waals surface area contributed by atoms with Gasteiger partial charge in [0, 0.05) is 23.6 Å². The molecule has 0 radical (unpaired) electrons. The molecular weight excluding hydrogens is 386 g/mol. The fourth-order valence-corrected chi connectivity index (χ4v) is 3.15. The first-order chi connectivity index (χ1) is 14.5. The van der Waals surface area contributed by atoms with E-state index in [1.54, 1.807) is 19.1 Å². The van der Waals surface area contributed by atoms with Crippen LogP contribution in [0.15, 0.2) is 59.0 Å². The minimum absolute atomic E-state index is 0.0695. The molecule has 3 rings (SSSR count). The maximum atomic E-state index is 12.7. The number of carbonyl (C=O) groups excluding carboxylic acids is 1. The summed E-state index contributed by atoms with van der Waals surface area (Å²) in [4.78, 5) is 23.8. The Morgan fingerprint density at radius 2 is 1.87 bits per heavy atom. The maximum absolute atomic E-state index is 12.7. The summed E-state index contributed by atoms with van der Waals surface area (Å²) in [6.45, 7) is 1.83. The summed E-state index contributed by atoms with van der Waals surface area (Å²) < 4.78 is 16.0. The lowest BCUT2D eigenvalue weighted by molar-refractivity contribution is -0.141. The first-order valence-electron chi connectivity index (χ1n) is 9.67. The molecular formula is C23H25NO6. The van der Waals surface area contributed by atoms with Crippen molar-refractivity contribution in [2.45, 2.75) is 19.4 Å². The molecule has 0 aliphatic rings. The van der Waals surface area contributed by atoms with E-state index in [0.717, 1.165) is 22.3 Å². The van der Waals surface area contributed by atoms with Gasteiger partial charge in [-0.3, -0.25) is 9.59 Å². The summed E-state index contributed by atoms with van der Waals surface area (Å²) >= 11 is 0. The summed E-state index contributed by atoms with van der Waals surface area (Å²) in [5.74, 6) is -1.10. The second kappa shape index (κ2) is 10.0. The minimum atomic E-state index is -0.920. The topological polar surface area (TPSA) is 98.0 Å². The Kier molecular flexibility index (Phi) is 7.21. The van der Waals surface area contributed by atoms with Gasteiger partial charge in [-0.25, -0.2) is 0 Å². The number of hydrogen-bond acceptors (Lipinski definition) is 5. The second-order valence-corrected chi connectivity index (χ2v) is 7.15. The molecule has 1 heterocycles. The van der Waals surface area contributed by atoms with Gasteiger partial charge in [0.15, 0.2) is 0 Å². The number of benzene rings is 2. The monoisotopic (exact) mass is 411 g/mol. The van der Waals surface area contributed by atoms with Gasteiger partial charge in [-0.15, -0.1) is 0 Å². The van der Waals surface area contributed by atoms with Gasteiger partial charge in [0.05, 0.1) is 18.6 Å². The smallest absolute Gasteiger partial charge is 0.306 e. The lowest BCUT2D eigenvalue weighted by Crippen LogP contribution is -2.40. The molecule has 2 aromatic carbocycles. The quantitative estimate of drug-likeness (QED) is 0.387. The molecule has 0 spiro atoms. The Morgan fingerprint density at radius 3 is 2.53 bits per heavy atom. The highest BCUT2D eigenvalue weighted by Gasteiger charge is 2.21. The highest BCUT2D eigenvalue weighted by atomic mass is 16.7. The second-order valence-electron chi connectivity index (χ2n) is 7.15. The van der Waals surface area contributed by atoms with Crippen molar-refractivity contribution in [3.05, 3.63) is 60.2 Å². The molecule has 2 atom stereocenters. The number of hydrogen-bond donors (Lipinski definition) is 2. The van der Waals surface area contributed by atoms with Crippen molar-refractivity contribution < 1.29 is 28.6 Å². The van der Waals surface area contributed by atoms with E-state index in [1.807, 2.05) is 42.5 Å². The number of rotatable bonds is 10. The third-order valence-electron chi connectivity index (χ3n) is 4.77. The van der Waals surface area contributed by atoms with E-state index in [2.05, 4.69) is 5.32 Å². The summed E-state index contributed by atoms with van der Waals surface area (Å²) in [5, 5.41) is 13.0. The number of ether oxygens (including phenoxy) is 2. The Labute approximate surface area is 174 Å². The zero-order valence-corrected chi connectivity index (χ0v) is 17.0. The lowest BCUT2D eigenvalue weighted by Gasteiger charge is -2.20. The van der Waals surface area contributed by atoms with E-state index in [-0.39, 0.29) is 25.7 Å². The standard InChI is InChI=1S/C23H25NO6/c1-15(23(26)27)11-19(13-29-14-28-2)24-22(25)17-9-7-16(8-10-17)21-12-18-5-3-4-6-20(18)30-21/h3-10,12,15,19H,11,13-14H2,1-2H3,(H,24,25)(H,26,27). The zero-order valence-electron chi connectivity index (χ0n) is 17.0. The Morgan fingerprint density at radius 1 is 1.13 bits per heavy atom. The Bertz CT molecular complexity index is 961. The van der Waals surface area contributed by atoms with Crippen LogP contribution in [0.4, 0.5) is 0 Å². The highest BCUT2D eigenvalue weighted by Crippen LogP contribution is 2.27. The summed E-state index contributed by atoms with van der Waals surface area (Å²) in [6.07, 6.45) is 0.252. The summed E-state index contributed by atoms with van der Waals surface area (Å²) in [6, 6.07) is 16.3. The first-order valence-corrected chi connectivity index (χ1v) is 9.67. The van der Waals surface area contributed by atoms with Crippen LogP contribution in [-0.2, 0) is 14.3 Å². The molecule has 7 nitrogen and oxygen atoms in total. The number of fused-ring (bicyclic) bond motifs is 1. The Balaban J connectivity index is 1.68. The fourth-order valence-electron chi connectivity index (χ4n) is 3.15. The van der Waals surface area contributed by atoms with Gasteiger partial charge in [0.25, 0.3) is 5.91 Å². The molecule has 3 aromatic rings. The van der Waals surface area contributed by atoms with Crippen molar-refractivity contribution >= 4 is 22.8 Å². The average molecular weight is 411 g/mol. The molecule has 30 heavy (non-hydrogen) atoms. The predicted octanol–water partition coefficient (Wildman–Crippen LogP) is 3.93. The average Bonchev–Trinajstić information content (AvgIpc) is 3.18. The largest absolute Gasteiger partial charge is 0.481 e. The van der Waals surface area contributed by atoms with Crippen molar-refractivity contribution in [3.8, 4) is 11.3 Å². The number of aliphatic carboxylic acids is 1. The number of carboxylic acids is 1. The van der Waals surface area contributed by atoms with Gasteiger partial charge in [-0.1, -0.05) is 37.3 Å². The van der Waals surface area contributed by atoms with Gasteiger partial charge in [0.1, 0.15) is 18.1 Å². The van der Waals surface area contributed by atoms with Crippen LogP contribution in [0.3, 0.4) is 0 Å². The van der Waals surface area contributed by atoms with Gasteiger partial charge < -0.3 is 24.3 Å². The molecule has 1 amide bonds. The molecule has 0 aliphatic heterocycles. The van der Waals surface area contributed by atoms with E-state index in [9.17, 15) is 9.59 Å². The third-order valence-corrected chi connectivity index (χ3v) is 4.77. The molecule has 2 unspecified atom stereocenters. The number of para-hydroxylation sites is 1. The first kappa shape index (κ1) is 21.5. The lowest BCUT2D eigenvalue weighted by atomic mass is 10.0. The van der Waals surface area contributed by atoms with Gasteiger partial charge in [-0.05, 0) is 30.7 Å². The van der Waals surface area contributed by atoms with Crippen LogP contribution in [0.1, 0.15) is 23.7 Å². The van der Waals surface area contributed by atoms with E-state index < -0.39 is 17.9 Å². The number of furan rings is 1. The van der Waals surface area contributed by atoms with Crippen LogP contribution in [0.2, 0.25) is 0 Å².